The molecule has 144 valence electrons. The van der Waals surface area contributed by atoms with Crippen molar-refractivity contribution in [2.24, 2.45) is 5.92 Å². The SMILES string of the molecule is COC(=O)c1cnc(N2CCC(Cn3nc(I)c4c3CCNC4)CC2)nc1. The molecule has 8 nitrogen and oxygen atoms in total. The van der Waals surface area contributed by atoms with E-state index in [-0.39, 0.29) is 0 Å². The van der Waals surface area contributed by atoms with Crippen LogP contribution in [0.25, 0.3) is 0 Å². The van der Waals surface area contributed by atoms with Crippen LogP contribution in [-0.2, 0) is 24.2 Å². The molecule has 0 amide bonds. The van der Waals surface area contributed by atoms with Gasteiger partial charge >= 0.3 is 5.97 Å². The fourth-order valence-electron chi connectivity index (χ4n) is 3.80. The molecule has 0 atom stereocenters. The van der Waals surface area contributed by atoms with E-state index in [0.29, 0.717) is 17.4 Å². The van der Waals surface area contributed by atoms with Gasteiger partial charge in [0.15, 0.2) is 0 Å². The molecular formula is C18H23IN6O2. The molecule has 2 aromatic heterocycles. The van der Waals surface area contributed by atoms with Crippen LogP contribution in [0.1, 0.15) is 34.5 Å². The zero-order valence-electron chi connectivity index (χ0n) is 15.3. The van der Waals surface area contributed by atoms with Crippen LogP contribution in [0.3, 0.4) is 0 Å². The zero-order valence-corrected chi connectivity index (χ0v) is 17.5. The maximum Gasteiger partial charge on any atom is 0.341 e. The number of hydrogen-bond acceptors (Lipinski definition) is 7. The third-order valence-corrected chi connectivity index (χ3v) is 6.21. The summed E-state index contributed by atoms with van der Waals surface area (Å²) in [5.41, 5.74) is 3.16. The lowest BCUT2D eigenvalue weighted by Crippen LogP contribution is -2.36. The number of nitrogens with one attached hydrogen (secondary N) is 1. The summed E-state index contributed by atoms with van der Waals surface area (Å²) in [5.74, 6) is 0.885. The first kappa shape index (κ1) is 18.6. The molecule has 0 radical (unpaired) electrons. The van der Waals surface area contributed by atoms with Gasteiger partial charge in [0.25, 0.3) is 0 Å². The molecule has 0 aliphatic carbocycles. The van der Waals surface area contributed by atoms with E-state index in [1.165, 1.54) is 30.8 Å². The van der Waals surface area contributed by atoms with Crippen LogP contribution >= 0.6 is 22.6 Å². The summed E-state index contributed by atoms with van der Waals surface area (Å²) in [6, 6.07) is 0. The van der Waals surface area contributed by atoms with Crippen LogP contribution < -0.4 is 10.2 Å². The number of ether oxygens (including phenoxy) is 1. The summed E-state index contributed by atoms with van der Waals surface area (Å²) in [6.45, 7) is 4.80. The van der Waals surface area contributed by atoms with Crippen LogP contribution in [0.4, 0.5) is 5.95 Å². The number of aromatic nitrogens is 4. The Morgan fingerprint density at radius 1 is 1.33 bits per heavy atom. The number of hydrogen-bond donors (Lipinski definition) is 1. The first-order chi connectivity index (χ1) is 13.2. The van der Waals surface area contributed by atoms with Gasteiger partial charge in [-0.3, -0.25) is 4.68 Å². The van der Waals surface area contributed by atoms with Gasteiger partial charge in [0.05, 0.1) is 12.7 Å². The minimum atomic E-state index is -0.410. The Bertz CT molecular complexity index is 814. The van der Waals surface area contributed by atoms with Crippen LogP contribution in [0.2, 0.25) is 0 Å². The van der Waals surface area contributed by atoms with Gasteiger partial charge in [0, 0.05) is 62.8 Å². The monoisotopic (exact) mass is 482 g/mol. The average molecular weight is 482 g/mol. The highest BCUT2D eigenvalue weighted by Crippen LogP contribution is 2.25. The Morgan fingerprint density at radius 3 is 2.78 bits per heavy atom. The quantitative estimate of drug-likeness (QED) is 0.524. The normalized spacial score (nSPS) is 17.6. The van der Waals surface area contributed by atoms with Crippen molar-refractivity contribution in [1.29, 1.82) is 0 Å². The Hall–Kier alpha value is -1.75. The maximum atomic E-state index is 11.5. The summed E-state index contributed by atoms with van der Waals surface area (Å²) in [5, 5.41) is 8.21. The van der Waals surface area contributed by atoms with Crippen molar-refractivity contribution >= 4 is 34.5 Å². The van der Waals surface area contributed by atoms with Gasteiger partial charge in [-0.25, -0.2) is 14.8 Å². The molecule has 0 saturated carbocycles. The lowest BCUT2D eigenvalue weighted by Gasteiger charge is -2.32. The Balaban J connectivity index is 1.36. The van der Waals surface area contributed by atoms with Crippen molar-refractivity contribution in [3.63, 3.8) is 0 Å². The van der Waals surface area contributed by atoms with Gasteiger partial charge in [0.1, 0.15) is 3.70 Å². The van der Waals surface area contributed by atoms with Crippen molar-refractivity contribution in [2.75, 3.05) is 31.6 Å². The molecule has 0 aromatic carbocycles. The number of carbonyl (C=O) groups excluding carboxylic acids is 1. The number of methoxy groups -OCH3 is 1. The number of nitrogens with zero attached hydrogens (tertiary/aromatic N) is 5. The summed E-state index contributed by atoms with van der Waals surface area (Å²) in [6.07, 6.45) is 6.31. The molecule has 2 aliphatic rings. The number of halogens is 1. The second-order valence-electron chi connectivity index (χ2n) is 7.02. The molecule has 1 N–H and O–H groups in total. The molecule has 2 aromatic rings. The first-order valence-electron chi connectivity index (χ1n) is 9.25. The van der Waals surface area contributed by atoms with E-state index in [0.717, 1.165) is 55.7 Å². The molecule has 27 heavy (non-hydrogen) atoms. The van der Waals surface area contributed by atoms with E-state index in [9.17, 15) is 4.79 Å². The molecule has 2 aliphatic heterocycles. The number of rotatable bonds is 4. The standard InChI is InChI=1S/C18H23IN6O2/c1-27-17(26)13-8-21-18(22-9-13)24-6-3-12(4-7-24)11-25-15-2-5-20-10-14(15)16(19)23-25/h8-9,12,20H,2-7,10-11H2,1H3. The van der Waals surface area contributed by atoms with Gasteiger partial charge < -0.3 is 15.0 Å². The number of esters is 1. The molecular weight excluding hydrogens is 459 g/mol. The molecule has 4 rings (SSSR count). The minimum absolute atomic E-state index is 0.378. The fourth-order valence-corrected chi connectivity index (χ4v) is 4.56. The Kier molecular flexibility index (Phi) is 5.58. The third kappa shape index (κ3) is 3.93. The predicted octanol–water partition coefficient (Wildman–Crippen LogP) is 1.63. The van der Waals surface area contributed by atoms with E-state index in [4.69, 9.17) is 5.10 Å². The second-order valence-corrected chi connectivity index (χ2v) is 8.04. The zero-order chi connectivity index (χ0) is 18.8. The van der Waals surface area contributed by atoms with E-state index in [1.54, 1.807) is 0 Å². The van der Waals surface area contributed by atoms with Gasteiger partial charge in [-0.2, -0.15) is 5.10 Å². The molecule has 0 unspecified atom stereocenters. The third-order valence-electron chi connectivity index (χ3n) is 5.35. The van der Waals surface area contributed by atoms with E-state index >= 15 is 0 Å². The highest BCUT2D eigenvalue weighted by Gasteiger charge is 2.25. The Labute approximate surface area is 171 Å². The van der Waals surface area contributed by atoms with Crippen molar-refractivity contribution in [3.8, 4) is 0 Å². The van der Waals surface area contributed by atoms with Gasteiger partial charge in [-0.05, 0) is 41.4 Å². The highest BCUT2D eigenvalue weighted by molar-refractivity contribution is 14.1. The topological polar surface area (TPSA) is 85.2 Å². The molecule has 1 fully saturated rings. The predicted molar refractivity (Wildman–Crippen MR) is 109 cm³/mol. The first-order valence-corrected chi connectivity index (χ1v) is 10.3. The largest absolute Gasteiger partial charge is 0.465 e. The number of carbonyl (C=O) groups is 1. The van der Waals surface area contributed by atoms with Crippen molar-refractivity contribution in [1.82, 2.24) is 25.1 Å². The maximum absolute atomic E-state index is 11.5. The number of anilines is 1. The van der Waals surface area contributed by atoms with Gasteiger partial charge in [-0.15, -0.1) is 0 Å². The van der Waals surface area contributed by atoms with Crippen molar-refractivity contribution < 1.29 is 9.53 Å². The van der Waals surface area contributed by atoms with Crippen LogP contribution in [-0.4, -0.2) is 52.5 Å². The lowest BCUT2D eigenvalue weighted by molar-refractivity contribution is 0.0600. The smallest absolute Gasteiger partial charge is 0.341 e. The van der Waals surface area contributed by atoms with E-state index < -0.39 is 5.97 Å². The van der Waals surface area contributed by atoms with Crippen LogP contribution in [0, 0.1) is 9.62 Å². The van der Waals surface area contributed by atoms with Crippen molar-refractivity contribution in [3.05, 3.63) is 32.9 Å². The Morgan fingerprint density at radius 2 is 2.07 bits per heavy atom. The van der Waals surface area contributed by atoms with Crippen LogP contribution in [0.5, 0.6) is 0 Å². The number of fused-ring (bicyclic) bond motifs is 1. The van der Waals surface area contributed by atoms with Gasteiger partial charge in [0.2, 0.25) is 5.95 Å². The fraction of sp³-hybridized carbons (Fsp3) is 0.556. The van der Waals surface area contributed by atoms with Crippen molar-refractivity contribution in [2.45, 2.75) is 32.4 Å². The minimum Gasteiger partial charge on any atom is -0.465 e. The van der Waals surface area contributed by atoms with E-state index in [1.807, 2.05) is 0 Å². The van der Waals surface area contributed by atoms with E-state index in [2.05, 4.69) is 52.2 Å². The average Bonchev–Trinajstić information content (AvgIpc) is 3.04. The molecule has 4 heterocycles. The second kappa shape index (κ2) is 8.09. The van der Waals surface area contributed by atoms with Crippen LogP contribution in [0.15, 0.2) is 12.4 Å². The molecule has 0 bridgehead atoms. The lowest BCUT2D eigenvalue weighted by atomic mass is 9.96. The number of piperidine rings is 1. The van der Waals surface area contributed by atoms with Gasteiger partial charge in [-0.1, -0.05) is 0 Å². The summed E-state index contributed by atoms with van der Waals surface area (Å²) in [7, 11) is 1.36. The molecule has 0 spiro atoms. The molecule has 9 heteroatoms. The highest BCUT2D eigenvalue weighted by atomic mass is 127. The summed E-state index contributed by atoms with van der Waals surface area (Å²) >= 11 is 2.35. The molecule has 1 saturated heterocycles. The summed E-state index contributed by atoms with van der Waals surface area (Å²) in [4.78, 5) is 22.3. The summed E-state index contributed by atoms with van der Waals surface area (Å²) < 4.78 is 8.06.